The van der Waals surface area contributed by atoms with Crippen LogP contribution in [-0.2, 0) is 25.7 Å². The summed E-state index contributed by atoms with van der Waals surface area (Å²) in [5, 5.41) is 15.5. The predicted octanol–water partition coefficient (Wildman–Crippen LogP) is 8.54. The molecular weight excluding hydrogens is 1040 g/mol. The largest absolute Gasteiger partial charge is 0.494 e. The summed E-state index contributed by atoms with van der Waals surface area (Å²) in [6, 6.07) is 33.9. The van der Waals surface area contributed by atoms with Gasteiger partial charge in [-0.2, -0.15) is 10.2 Å². The molecule has 0 bridgehead atoms. The van der Waals surface area contributed by atoms with Crippen molar-refractivity contribution in [2.45, 2.75) is 57.5 Å². The average molecular weight is 1100 g/mol. The van der Waals surface area contributed by atoms with Gasteiger partial charge in [-0.1, -0.05) is 12.1 Å². The summed E-state index contributed by atoms with van der Waals surface area (Å²) >= 11 is 0. The maximum absolute atomic E-state index is 14.3. The van der Waals surface area contributed by atoms with Crippen LogP contribution >= 0.6 is 0 Å². The van der Waals surface area contributed by atoms with Crippen molar-refractivity contribution in [1.29, 1.82) is 0 Å². The number of anilines is 2. The van der Waals surface area contributed by atoms with Crippen LogP contribution in [0.5, 0.6) is 5.75 Å². The first-order chi connectivity index (χ1) is 40.6. The van der Waals surface area contributed by atoms with Crippen molar-refractivity contribution in [1.82, 2.24) is 79.2 Å². The smallest absolute Gasteiger partial charge is 0.253 e. The lowest BCUT2D eigenvalue weighted by Crippen LogP contribution is -2.29. The van der Waals surface area contributed by atoms with E-state index in [9.17, 15) is 9.59 Å². The van der Waals surface area contributed by atoms with Crippen molar-refractivity contribution in [3.05, 3.63) is 209 Å². The van der Waals surface area contributed by atoms with E-state index >= 15 is 0 Å². The topological polar surface area (TPSA) is 268 Å². The fraction of sp³-hybridized carbons (Fsp3) is 0.161. The van der Waals surface area contributed by atoms with Crippen LogP contribution in [0.25, 0.3) is 68.1 Å². The first-order valence-electron chi connectivity index (χ1n) is 27.2. The predicted molar refractivity (Wildman–Crippen MR) is 311 cm³/mol. The molecule has 2 amide bonds. The fourth-order valence-electron chi connectivity index (χ4n) is 11.6. The van der Waals surface area contributed by atoms with Crippen LogP contribution in [0, 0.1) is 6.92 Å². The Bertz CT molecular complexity index is 4510. The summed E-state index contributed by atoms with van der Waals surface area (Å²) in [5.41, 5.74) is 25.7. The molecule has 0 saturated carbocycles. The van der Waals surface area contributed by atoms with Crippen molar-refractivity contribution in [2.75, 3.05) is 18.6 Å². The number of nitrogens with zero attached hydrogens (tertiary/aromatic N) is 14. The monoisotopic (exact) mass is 1100 g/mol. The summed E-state index contributed by atoms with van der Waals surface area (Å²) in [6.07, 6.45) is 17.4. The molecule has 10 heterocycles. The number of nitrogens with two attached hydrogens (primary N) is 2. The lowest BCUT2D eigenvalue weighted by Gasteiger charge is -2.18. The highest BCUT2D eigenvalue weighted by Gasteiger charge is 2.31. The number of hydrogen-bond acceptors (Lipinski definition) is 15. The molecule has 21 heteroatoms. The van der Waals surface area contributed by atoms with E-state index < -0.39 is 0 Å². The zero-order chi connectivity index (χ0) is 56.3. The van der Waals surface area contributed by atoms with Crippen LogP contribution in [0.4, 0.5) is 11.6 Å². The number of aromatic nitrogens is 14. The molecule has 21 nitrogen and oxygen atoms in total. The molecule has 0 fully saturated rings. The number of ether oxygens (including phenoxy) is 1. The number of carbonyl (C=O) groups excluding carboxylic acids is 2. The first-order valence-corrected chi connectivity index (χ1v) is 27.2. The zero-order valence-corrected chi connectivity index (χ0v) is 45.0. The van der Waals surface area contributed by atoms with Gasteiger partial charge < -0.3 is 26.8 Å². The van der Waals surface area contributed by atoms with Gasteiger partial charge in [-0.25, -0.2) is 39.3 Å². The van der Waals surface area contributed by atoms with Crippen molar-refractivity contribution in [2.24, 2.45) is 0 Å². The molecule has 6 N–H and O–H groups in total. The second-order valence-corrected chi connectivity index (χ2v) is 20.5. The summed E-state index contributed by atoms with van der Waals surface area (Å²) in [7, 11) is 1.60. The highest BCUT2D eigenvalue weighted by molar-refractivity contribution is 5.97. The molecule has 12 aromatic rings. The van der Waals surface area contributed by atoms with E-state index in [2.05, 4.69) is 55.1 Å². The van der Waals surface area contributed by atoms with Gasteiger partial charge in [0, 0.05) is 67.0 Å². The molecule has 0 radical (unpaired) electrons. The number of fused-ring (bicyclic) bond motifs is 4. The van der Waals surface area contributed by atoms with Gasteiger partial charge in [-0.05, 0) is 164 Å². The van der Waals surface area contributed by atoms with Crippen LogP contribution in [0.2, 0.25) is 0 Å². The Morgan fingerprint density at radius 2 is 1.05 bits per heavy atom. The van der Waals surface area contributed by atoms with Crippen LogP contribution in [-0.4, -0.2) is 87.5 Å². The Balaban J connectivity index is 0.689. The molecule has 2 aliphatic carbocycles. The third-order valence-corrected chi connectivity index (χ3v) is 15.6. The molecule has 0 saturated heterocycles. The number of amides is 2. The number of carbonyl (C=O) groups is 2. The van der Waals surface area contributed by atoms with Gasteiger partial charge >= 0.3 is 0 Å². The number of aryl methyl sites for hydroxylation is 5. The summed E-state index contributed by atoms with van der Waals surface area (Å²) in [6.45, 7) is 2.01. The minimum absolute atomic E-state index is 0.230. The molecule has 14 rings (SSSR count). The normalized spacial score (nSPS) is 14.5. The third kappa shape index (κ3) is 8.99. The number of nitrogen functional groups attached to an aromatic ring is 2. The van der Waals surface area contributed by atoms with Crippen LogP contribution < -0.4 is 26.8 Å². The Morgan fingerprint density at radius 3 is 1.54 bits per heavy atom. The van der Waals surface area contributed by atoms with Gasteiger partial charge in [0.25, 0.3) is 11.8 Å². The molecule has 2 aromatic carbocycles. The average Bonchev–Trinajstić information content (AvgIpc) is 3.67. The highest BCUT2D eigenvalue weighted by atomic mass is 16.5. The standard InChI is InChI=1S/C62H52N18O3/c1-35-31-51(77-29-7-27-69-77)73-59-53(35)75-57(44-11-5-25-67-55(44)63)79(59)38-15-17-40-36(32-38)13-19-48(40)71-61(81)42-9-3-23-65-46(42)21-22-47-43(10-4-24-66-47)62(82)72-49-20-14-37-33-39(16-18-41(37)49)80-58(45-12-6-26-68-56(45)64)76-54-50(83-2)34-52(74-60(54)80)78-30-8-28-70-78/h3-12,15-18,23-34,48-49H,13-14,19-22H2,1-2H3,(H2,63,67)(H2,64,68)(H,71,81)(H,72,82)/t48-,49-/m0/s1. The number of rotatable bonds is 14. The number of benzene rings is 2. The van der Waals surface area contributed by atoms with Crippen LogP contribution in [0.3, 0.4) is 0 Å². The molecule has 2 aliphatic rings. The second-order valence-electron chi connectivity index (χ2n) is 20.5. The number of methoxy groups -OCH3 is 1. The van der Waals surface area contributed by atoms with Gasteiger partial charge in [0.05, 0.1) is 52.8 Å². The van der Waals surface area contributed by atoms with E-state index in [4.69, 9.17) is 46.1 Å². The quantitative estimate of drug-likeness (QED) is 0.0794. The molecule has 0 aliphatic heterocycles. The maximum Gasteiger partial charge on any atom is 0.253 e. The summed E-state index contributed by atoms with van der Waals surface area (Å²) in [4.78, 5) is 67.1. The summed E-state index contributed by atoms with van der Waals surface area (Å²) < 4.78 is 13.2. The first kappa shape index (κ1) is 50.3. The number of pyridine rings is 6. The molecule has 83 heavy (non-hydrogen) atoms. The Labute approximate surface area is 474 Å². The van der Waals surface area contributed by atoms with Crippen LogP contribution in [0.1, 0.15) is 84.8 Å². The van der Waals surface area contributed by atoms with Crippen molar-refractivity contribution in [3.63, 3.8) is 0 Å². The number of hydrogen-bond donors (Lipinski definition) is 4. The van der Waals surface area contributed by atoms with Gasteiger partial charge in [0.15, 0.2) is 45.8 Å². The SMILES string of the molecule is COc1cc(-n2cccn2)nc2c1nc(-c1cccnc1N)n2-c1ccc2c(c1)CC[C@@H]2NC(=O)c1cccnc1CCc1ncccc1C(=O)N[C@H]1CCc2cc(-n3c(-c4cccnc4N)nc4c(C)cc(-n5cccn5)nc43)ccc21. The highest BCUT2D eigenvalue weighted by Crippen LogP contribution is 2.40. The van der Waals surface area contributed by atoms with E-state index in [0.717, 1.165) is 57.6 Å². The third-order valence-electron chi connectivity index (χ3n) is 15.6. The molecule has 408 valence electrons. The zero-order valence-electron chi connectivity index (χ0n) is 45.0. The second kappa shape index (κ2) is 20.6. The molecule has 2 atom stereocenters. The molecule has 0 unspecified atom stereocenters. The lowest BCUT2D eigenvalue weighted by molar-refractivity contribution is 0.0926. The number of imidazole rings is 2. The maximum atomic E-state index is 14.3. The van der Waals surface area contributed by atoms with Crippen LogP contribution in [0.15, 0.2) is 159 Å². The Hall–Kier alpha value is -11.0. The van der Waals surface area contributed by atoms with Gasteiger partial charge in [-0.3, -0.25) is 28.7 Å². The van der Waals surface area contributed by atoms with E-state index in [1.807, 2.05) is 83.0 Å². The summed E-state index contributed by atoms with van der Waals surface area (Å²) in [5.74, 6) is 3.11. The van der Waals surface area contributed by atoms with E-state index in [1.54, 1.807) is 84.0 Å². The van der Waals surface area contributed by atoms with Gasteiger partial charge in [0.2, 0.25) is 0 Å². The van der Waals surface area contributed by atoms with Gasteiger partial charge in [0.1, 0.15) is 17.2 Å². The van der Waals surface area contributed by atoms with Gasteiger partial charge in [-0.15, -0.1) is 0 Å². The molecular formula is C62H52N18O3. The van der Waals surface area contributed by atoms with E-state index in [0.29, 0.717) is 117 Å². The molecule has 10 aromatic heterocycles. The Morgan fingerprint density at radius 1 is 0.566 bits per heavy atom. The van der Waals surface area contributed by atoms with Crippen molar-refractivity contribution in [3.8, 4) is 51.5 Å². The fourth-order valence-corrected chi connectivity index (χ4v) is 11.6. The van der Waals surface area contributed by atoms with Crippen molar-refractivity contribution < 1.29 is 14.3 Å². The molecule has 0 spiro atoms. The minimum atomic E-state index is -0.257. The van der Waals surface area contributed by atoms with E-state index in [1.165, 1.54) is 0 Å². The van der Waals surface area contributed by atoms with Crippen molar-refractivity contribution >= 4 is 45.8 Å². The Kier molecular flexibility index (Phi) is 12.5. The number of nitrogens with one attached hydrogen (secondary N) is 2. The van der Waals surface area contributed by atoms with E-state index in [-0.39, 0.29) is 23.9 Å². The minimum Gasteiger partial charge on any atom is -0.494 e. The lowest BCUT2D eigenvalue weighted by atomic mass is 10.0.